The number of alkyl halides is 3. The van der Waals surface area contributed by atoms with Crippen molar-refractivity contribution in [1.29, 1.82) is 0 Å². The molecular weight excluding hydrogens is 279 g/mol. The number of nitrogens with zero attached hydrogens (tertiary/aromatic N) is 2. The Morgan fingerprint density at radius 2 is 2.05 bits per heavy atom. The number of anilines is 1. The highest BCUT2D eigenvalue weighted by Gasteiger charge is 2.31. The van der Waals surface area contributed by atoms with Crippen molar-refractivity contribution in [3.63, 3.8) is 0 Å². The van der Waals surface area contributed by atoms with Crippen LogP contribution in [0.4, 0.5) is 19.0 Å². The normalized spacial score (nSPS) is 15.2. The van der Waals surface area contributed by atoms with Crippen molar-refractivity contribution in [2.75, 3.05) is 11.9 Å². The van der Waals surface area contributed by atoms with Crippen LogP contribution in [0.3, 0.4) is 0 Å². The lowest BCUT2D eigenvalue weighted by Crippen LogP contribution is -2.05. The van der Waals surface area contributed by atoms with Crippen molar-refractivity contribution in [2.45, 2.75) is 25.4 Å². The predicted molar refractivity (Wildman–Crippen MR) is 75.1 cm³/mol. The van der Waals surface area contributed by atoms with Crippen molar-refractivity contribution in [1.82, 2.24) is 9.78 Å². The largest absolute Gasteiger partial charge is 0.416 e. The molecule has 2 aromatic rings. The van der Waals surface area contributed by atoms with Crippen LogP contribution in [0, 0.1) is 0 Å². The van der Waals surface area contributed by atoms with Crippen molar-refractivity contribution >= 4 is 5.82 Å². The van der Waals surface area contributed by atoms with Crippen molar-refractivity contribution in [3.8, 4) is 11.3 Å². The van der Waals surface area contributed by atoms with E-state index >= 15 is 0 Å². The van der Waals surface area contributed by atoms with E-state index in [0.717, 1.165) is 43.3 Å². The molecule has 0 spiro atoms. The first-order valence-electron chi connectivity index (χ1n) is 6.94. The van der Waals surface area contributed by atoms with E-state index < -0.39 is 11.7 Å². The number of hydrogen-bond donors (Lipinski definition) is 1. The van der Waals surface area contributed by atoms with Crippen LogP contribution in [-0.4, -0.2) is 16.3 Å². The van der Waals surface area contributed by atoms with Gasteiger partial charge in [0.25, 0.3) is 0 Å². The second kappa shape index (κ2) is 5.09. The monoisotopic (exact) mass is 295 g/mol. The molecular formula is C15H16F3N3. The fourth-order valence-corrected chi connectivity index (χ4v) is 2.73. The lowest BCUT2D eigenvalue weighted by molar-refractivity contribution is -0.137. The molecule has 0 bridgehead atoms. The maximum absolute atomic E-state index is 12.9. The van der Waals surface area contributed by atoms with E-state index in [1.807, 2.05) is 7.05 Å². The van der Waals surface area contributed by atoms with Gasteiger partial charge in [0, 0.05) is 24.7 Å². The third kappa shape index (κ3) is 2.62. The highest BCUT2D eigenvalue weighted by Crippen LogP contribution is 2.35. The number of hydrogen-bond acceptors (Lipinski definition) is 2. The van der Waals surface area contributed by atoms with Crippen LogP contribution in [0.15, 0.2) is 24.3 Å². The van der Waals surface area contributed by atoms with Crippen LogP contribution < -0.4 is 5.32 Å². The smallest absolute Gasteiger partial charge is 0.370 e. The molecule has 1 aliphatic heterocycles. The molecule has 0 amide bonds. The third-order valence-corrected chi connectivity index (χ3v) is 3.75. The quantitative estimate of drug-likeness (QED) is 0.866. The minimum absolute atomic E-state index is 0.519. The summed E-state index contributed by atoms with van der Waals surface area (Å²) in [5.74, 6) is 0.917. The molecule has 0 aliphatic carbocycles. The molecule has 1 N–H and O–H groups in total. The van der Waals surface area contributed by atoms with Gasteiger partial charge in [0.05, 0.1) is 11.3 Å². The fourth-order valence-electron chi connectivity index (χ4n) is 2.73. The van der Waals surface area contributed by atoms with Gasteiger partial charge in [0.1, 0.15) is 5.82 Å². The summed E-state index contributed by atoms with van der Waals surface area (Å²) in [6.07, 6.45) is -1.43. The van der Waals surface area contributed by atoms with Crippen LogP contribution >= 0.6 is 0 Å². The number of halogens is 3. The Balaban J connectivity index is 2.09. The molecule has 0 unspecified atom stereocenters. The summed E-state index contributed by atoms with van der Waals surface area (Å²) < 4.78 is 40.3. The summed E-state index contributed by atoms with van der Waals surface area (Å²) in [5, 5.41) is 7.72. The molecule has 3 nitrogen and oxygen atoms in total. The number of rotatable bonds is 1. The zero-order chi connectivity index (χ0) is 15.0. The summed E-state index contributed by atoms with van der Waals surface area (Å²) in [4.78, 5) is 0. The van der Waals surface area contributed by atoms with E-state index in [1.165, 1.54) is 12.1 Å². The number of benzene rings is 1. The number of fused-ring (bicyclic) bond motifs is 1. The molecule has 0 saturated heterocycles. The molecule has 0 saturated carbocycles. The molecule has 0 atom stereocenters. The molecule has 3 rings (SSSR count). The molecule has 21 heavy (non-hydrogen) atoms. The molecule has 1 aliphatic rings. The fraction of sp³-hybridized carbons (Fsp3) is 0.400. The van der Waals surface area contributed by atoms with Gasteiger partial charge in [-0.25, -0.2) is 0 Å². The molecule has 6 heteroatoms. The standard InChI is InChI=1S/C15H16F3N3/c1-21-14-12(7-2-3-8-19-14)13(20-21)10-5-4-6-11(9-10)15(16,17)18/h4-6,9,19H,2-3,7-8H2,1H3. The first-order chi connectivity index (χ1) is 9.97. The van der Waals surface area contributed by atoms with Crippen LogP contribution in [0.5, 0.6) is 0 Å². The third-order valence-electron chi connectivity index (χ3n) is 3.75. The van der Waals surface area contributed by atoms with E-state index in [4.69, 9.17) is 0 Å². The van der Waals surface area contributed by atoms with Gasteiger partial charge in [-0.1, -0.05) is 12.1 Å². The maximum atomic E-state index is 12.9. The summed E-state index contributed by atoms with van der Waals surface area (Å²) in [7, 11) is 1.81. The van der Waals surface area contributed by atoms with Gasteiger partial charge in [-0.05, 0) is 31.4 Å². The van der Waals surface area contributed by atoms with Crippen LogP contribution in [-0.2, 0) is 19.6 Å². The molecule has 1 aromatic heterocycles. The molecule has 112 valence electrons. The minimum Gasteiger partial charge on any atom is -0.370 e. The number of aromatic nitrogens is 2. The summed E-state index contributed by atoms with van der Waals surface area (Å²) in [6.45, 7) is 0.870. The SMILES string of the molecule is Cn1nc(-c2cccc(C(F)(F)F)c2)c2c1NCCCC2. The average Bonchev–Trinajstić information content (AvgIpc) is 2.64. The van der Waals surface area contributed by atoms with Gasteiger partial charge in [-0.15, -0.1) is 0 Å². The Hall–Kier alpha value is -1.98. The first-order valence-corrected chi connectivity index (χ1v) is 6.94. The van der Waals surface area contributed by atoms with Gasteiger partial charge >= 0.3 is 6.18 Å². The highest BCUT2D eigenvalue weighted by atomic mass is 19.4. The van der Waals surface area contributed by atoms with Crippen molar-refractivity contribution < 1.29 is 13.2 Å². The Bertz CT molecular complexity index is 659. The van der Waals surface area contributed by atoms with Crippen LogP contribution in [0.25, 0.3) is 11.3 Å². The summed E-state index contributed by atoms with van der Waals surface area (Å²) in [5.41, 5.74) is 1.54. The maximum Gasteiger partial charge on any atom is 0.416 e. The Labute approximate surface area is 120 Å². The van der Waals surface area contributed by atoms with E-state index in [2.05, 4.69) is 10.4 Å². The van der Waals surface area contributed by atoms with Gasteiger partial charge in [0.15, 0.2) is 0 Å². The highest BCUT2D eigenvalue weighted by molar-refractivity contribution is 5.70. The molecule has 0 fully saturated rings. The van der Waals surface area contributed by atoms with E-state index in [1.54, 1.807) is 10.7 Å². The zero-order valence-electron chi connectivity index (χ0n) is 11.7. The molecule has 0 radical (unpaired) electrons. The summed E-state index contributed by atoms with van der Waals surface area (Å²) >= 11 is 0. The van der Waals surface area contributed by atoms with Crippen LogP contribution in [0.1, 0.15) is 24.0 Å². The van der Waals surface area contributed by atoms with Gasteiger partial charge in [0.2, 0.25) is 0 Å². The van der Waals surface area contributed by atoms with Crippen molar-refractivity contribution in [2.24, 2.45) is 7.05 Å². The van der Waals surface area contributed by atoms with Gasteiger partial charge in [-0.2, -0.15) is 18.3 Å². The predicted octanol–water partition coefficient (Wildman–Crippen LogP) is 3.85. The Morgan fingerprint density at radius 1 is 1.24 bits per heavy atom. The summed E-state index contributed by atoms with van der Waals surface area (Å²) in [6, 6.07) is 5.38. The molecule has 1 aromatic carbocycles. The Kier molecular flexibility index (Phi) is 3.39. The second-order valence-corrected chi connectivity index (χ2v) is 5.26. The minimum atomic E-state index is -4.33. The topological polar surface area (TPSA) is 29.9 Å². The number of aryl methyl sites for hydroxylation is 1. The second-order valence-electron chi connectivity index (χ2n) is 5.26. The van der Waals surface area contributed by atoms with E-state index in [-0.39, 0.29) is 0 Å². The first kappa shape index (κ1) is 14.0. The number of nitrogens with one attached hydrogen (secondary N) is 1. The molecule has 2 heterocycles. The van der Waals surface area contributed by atoms with E-state index in [0.29, 0.717) is 11.3 Å². The lowest BCUT2D eigenvalue weighted by Gasteiger charge is -2.08. The zero-order valence-corrected chi connectivity index (χ0v) is 11.7. The van der Waals surface area contributed by atoms with Crippen molar-refractivity contribution in [3.05, 3.63) is 35.4 Å². The van der Waals surface area contributed by atoms with Crippen LogP contribution in [0.2, 0.25) is 0 Å². The lowest BCUT2D eigenvalue weighted by atomic mass is 10.0. The van der Waals surface area contributed by atoms with Gasteiger partial charge < -0.3 is 5.32 Å². The van der Waals surface area contributed by atoms with E-state index in [9.17, 15) is 13.2 Å². The Morgan fingerprint density at radius 3 is 2.81 bits per heavy atom. The van der Waals surface area contributed by atoms with Gasteiger partial charge in [-0.3, -0.25) is 4.68 Å². The average molecular weight is 295 g/mol.